The van der Waals surface area contributed by atoms with Crippen LogP contribution in [0.1, 0.15) is 47.0 Å². The van der Waals surface area contributed by atoms with Crippen LogP contribution in [0.4, 0.5) is 0 Å². The number of allylic oxidation sites excluding steroid dienone is 4. The maximum absolute atomic E-state index is 11.9. The molecule has 0 aromatic rings. The van der Waals surface area contributed by atoms with Gasteiger partial charge in [-0.15, -0.1) is 0 Å². The standard InChI is InChI=1S/C15H22O/c1-10-6-5-7-11(2)14(16)9-13-12(8-10)15(13,3)4/h7-8,12-13H,5-6,9H2,1-4H3/b10-8+,11-7-/t12-,13+/m1/s1. The molecule has 2 rings (SSSR count). The number of carbonyl (C=O) groups is 1. The van der Waals surface area contributed by atoms with E-state index in [-0.39, 0.29) is 0 Å². The van der Waals surface area contributed by atoms with Crippen LogP contribution in [0.3, 0.4) is 0 Å². The second-order valence-corrected chi connectivity index (χ2v) is 6.02. The van der Waals surface area contributed by atoms with Gasteiger partial charge in [0.05, 0.1) is 0 Å². The highest BCUT2D eigenvalue weighted by Crippen LogP contribution is 2.61. The molecule has 1 fully saturated rings. The van der Waals surface area contributed by atoms with Crippen LogP contribution in [0, 0.1) is 17.3 Å². The Hall–Kier alpha value is -0.850. The van der Waals surface area contributed by atoms with Crippen molar-refractivity contribution in [3.05, 3.63) is 23.3 Å². The molecule has 0 aromatic heterocycles. The second kappa shape index (κ2) is 3.87. The van der Waals surface area contributed by atoms with E-state index in [2.05, 4.69) is 32.9 Å². The van der Waals surface area contributed by atoms with Crippen LogP contribution in [-0.4, -0.2) is 5.78 Å². The topological polar surface area (TPSA) is 17.1 Å². The highest BCUT2D eigenvalue weighted by atomic mass is 16.1. The summed E-state index contributed by atoms with van der Waals surface area (Å²) in [6.07, 6.45) is 7.37. The number of fused-ring (bicyclic) bond motifs is 1. The Morgan fingerprint density at radius 2 is 2.00 bits per heavy atom. The summed E-state index contributed by atoms with van der Waals surface area (Å²) in [6.45, 7) is 8.76. The maximum atomic E-state index is 11.9. The van der Waals surface area contributed by atoms with Gasteiger partial charge >= 0.3 is 0 Å². The number of carbonyl (C=O) groups excluding carboxylic acids is 1. The van der Waals surface area contributed by atoms with Crippen LogP contribution in [0.25, 0.3) is 0 Å². The number of rotatable bonds is 0. The fraction of sp³-hybridized carbons (Fsp3) is 0.667. The van der Waals surface area contributed by atoms with E-state index in [0.717, 1.165) is 24.8 Å². The number of Topliss-reactive ketones (excluding diaryl/α,β-unsaturated/α-hetero) is 1. The Labute approximate surface area is 98.6 Å². The quantitative estimate of drug-likeness (QED) is 0.563. The SMILES string of the molecule is C/C1=C/CC/C(C)=C/[C@@H]2[C@H](CC1=O)C2(C)C. The zero-order valence-electron chi connectivity index (χ0n) is 10.8. The van der Waals surface area contributed by atoms with Crippen molar-refractivity contribution >= 4 is 5.78 Å². The van der Waals surface area contributed by atoms with E-state index < -0.39 is 0 Å². The fourth-order valence-electron chi connectivity index (χ4n) is 2.89. The van der Waals surface area contributed by atoms with Crippen LogP contribution in [0.2, 0.25) is 0 Å². The molecule has 0 spiro atoms. The first-order valence-electron chi connectivity index (χ1n) is 6.30. The van der Waals surface area contributed by atoms with E-state index >= 15 is 0 Å². The maximum Gasteiger partial charge on any atom is 0.158 e. The van der Waals surface area contributed by atoms with Crippen molar-refractivity contribution in [2.24, 2.45) is 17.3 Å². The van der Waals surface area contributed by atoms with Crippen molar-refractivity contribution in [1.82, 2.24) is 0 Å². The van der Waals surface area contributed by atoms with Gasteiger partial charge in [-0.1, -0.05) is 31.6 Å². The molecule has 16 heavy (non-hydrogen) atoms. The molecule has 0 radical (unpaired) electrons. The number of hydrogen-bond acceptors (Lipinski definition) is 1. The Bertz CT molecular complexity index is 371. The van der Waals surface area contributed by atoms with Crippen LogP contribution < -0.4 is 0 Å². The molecule has 0 aromatic carbocycles. The molecule has 1 heteroatoms. The third-order valence-corrected chi connectivity index (χ3v) is 4.44. The molecular formula is C15H22O. The third-order valence-electron chi connectivity index (χ3n) is 4.44. The zero-order chi connectivity index (χ0) is 11.9. The summed E-state index contributed by atoms with van der Waals surface area (Å²) in [6, 6.07) is 0. The van der Waals surface area contributed by atoms with Crippen molar-refractivity contribution in [3.63, 3.8) is 0 Å². The Morgan fingerprint density at radius 1 is 1.31 bits per heavy atom. The van der Waals surface area contributed by atoms with Gasteiger partial charge in [0.2, 0.25) is 0 Å². The van der Waals surface area contributed by atoms with Gasteiger partial charge in [0.1, 0.15) is 0 Å². The molecular weight excluding hydrogens is 196 g/mol. The van der Waals surface area contributed by atoms with E-state index in [0.29, 0.717) is 23.0 Å². The van der Waals surface area contributed by atoms with Gasteiger partial charge in [-0.05, 0) is 49.5 Å². The number of ketones is 1. The summed E-state index contributed by atoms with van der Waals surface area (Å²) in [4.78, 5) is 11.9. The summed E-state index contributed by atoms with van der Waals surface area (Å²) in [5.74, 6) is 1.55. The number of hydrogen-bond donors (Lipinski definition) is 0. The smallest absolute Gasteiger partial charge is 0.158 e. The molecule has 2 aliphatic rings. The van der Waals surface area contributed by atoms with Gasteiger partial charge in [0.15, 0.2) is 5.78 Å². The predicted molar refractivity (Wildman–Crippen MR) is 67.1 cm³/mol. The van der Waals surface area contributed by atoms with Gasteiger partial charge in [-0.2, -0.15) is 0 Å². The highest BCUT2D eigenvalue weighted by Gasteiger charge is 2.56. The molecule has 0 bridgehead atoms. The first-order chi connectivity index (χ1) is 7.43. The predicted octanol–water partition coefficient (Wildman–Crippen LogP) is 3.90. The third kappa shape index (κ3) is 2.00. The average molecular weight is 218 g/mol. The molecule has 0 aliphatic heterocycles. The lowest BCUT2D eigenvalue weighted by atomic mass is 10.00. The lowest BCUT2D eigenvalue weighted by molar-refractivity contribution is -0.116. The first-order valence-corrected chi connectivity index (χ1v) is 6.30. The van der Waals surface area contributed by atoms with E-state index in [4.69, 9.17) is 0 Å². The fourth-order valence-corrected chi connectivity index (χ4v) is 2.89. The second-order valence-electron chi connectivity index (χ2n) is 6.02. The lowest BCUT2D eigenvalue weighted by Gasteiger charge is -2.04. The molecule has 1 saturated carbocycles. The molecule has 88 valence electrons. The molecule has 0 unspecified atom stereocenters. The molecule has 1 nitrogen and oxygen atoms in total. The normalized spacial score (nSPS) is 40.1. The largest absolute Gasteiger partial charge is 0.295 e. The summed E-state index contributed by atoms with van der Waals surface area (Å²) in [7, 11) is 0. The van der Waals surface area contributed by atoms with Crippen LogP contribution in [0.5, 0.6) is 0 Å². The van der Waals surface area contributed by atoms with E-state index in [9.17, 15) is 4.79 Å². The Morgan fingerprint density at radius 3 is 2.69 bits per heavy atom. The van der Waals surface area contributed by atoms with E-state index in [1.165, 1.54) is 5.57 Å². The molecule has 0 amide bonds. The minimum absolute atomic E-state index is 0.335. The van der Waals surface area contributed by atoms with Crippen LogP contribution in [-0.2, 0) is 4.79 Å². The highest BCUT2D eigenvalue weighted by molar-refractivity contribution is 5.95. The van der Waals surface area contributed by atoms with Crippen molar-refractivity contribution in [2.45, 2.75) is 47.0 Å². The van der Waals surface area contributed by atoms with Crippen molar-refractivity contribution in [3.8, 4) is 0 Å². The zero-order valence-corrected chi connectivity index (χ0v) is 10.8. The molecule has 2 atom stereocenters. The lowest BCUT2D eigenvalue weighted by Crippen LogP contribution is -2.04. The van der Waals surface area contributed by atoms with Crippen molar-refractivity contribution < 1.29 is 4.79 Å². The van der Waals surface area contributed by atoms with E-state index in [1.807, 2.05) is 6.92 Å². The first kappa shape index (κ1) is 11.6. The summed E-state index contributed by atoms with van der Waals surface area (Å²) in [5.41, 5.74) is 2.79. The molecule has 0 N–H and O–H groups in total. The van der Waals surface area contributed by atoms with Gasteiger partial charge in [-0.3, -0.25) is 4.79 Å². The van der Waals surface area contributed by atoms with Gasteiger partial charge in [-0.25, -0.2) is 0 Å². The minimum atomic E-state index is 0.335. The van der Waals surface area contributed by atoms with Crippen molar-refractivity contribution in [2.75, 3.05) is 0 Å². The van der Waals surface area contributed by atoms with Gasteiger partial charge in [0, 0.05) is 6.42 Å². The van der Waals surface area contributed by atoms with Crippen LogP contribution >= 0.6 is 0 Å². The average Bonchev–Trinajstić information content (AvgIpc) is 2.68. The summed E-state index contributed by atoms with van der Waals surface area (Å²) < 4.78 is 0. The molecule has 0 saturated heterocycles. The summed E-state index contributed by atoms with van der Waals surface area (Å²) in [5, 5.41) is 0. The minimum Gasteiger partial charge on any atom is -0.295 e. The Balaban J connectivity index is 2.23. The van der Waals surface area contributed by atoms with E-state index in [1.54, 1.807) is 0 Å². The van der Waals surface area contributed by atoms with Crippen LogP contribution in [0.15, 0.2) is 23.3 Å². The van der Waals surface area contributed by atoms with Gasteiger partial charge < -0.3 is 0 Å². The van der Waals surface area contributed by atoms with Crippen molar-refractivity contribution in [1.29, 1.82) is 0 Å². The molecule has 2 aliphatic carbocycles. The monoisotopic (exact) mass is 218 g/mol. The summed E-state index contributed by atoms with van der Waals surface area (Å²) >= 11 is 0. The molecule has 0 heterocycles. The Kier molecular flexibility index (Phi) is 2.81. The van der Waals surface area contributed by atoms with Gasteiger partial charge in [0.25, 0.3) is 0 Å².